The summed E-state index contributed by atoms with van der Waals surface area (Å²) in [4.78, 5) is 0. The zero-order valence-corrected chi connectivity index (χ0v) is 14.5. The topological polar surface area (TPSA) is 70.4 Å². The zero-order valence-electron chi connectivity index (χ0n) is 14.5. The Hall–Kier alpha value is -3.57. The van der Waals surface area contributed by atoms with E-state index < -0.39 is 6.10 Å². The number of nitrogens with zero attached hydrogens (tertiary/aromatic N) is 3. The lowest BCUT2D eigenvalue weighted by Crippen LogP contribution is -2.16. The Kier molecular flexibility index (Phi) is 4.85. The normalized spacial score (nSPS) is 12.7. The fraction of sp³-hybridized carbons (Fsp3) is 0.0455. The molecule has 0 amide bonds. The number of hydrazone groups is 1. The van der Waals surface area contributed by atoms with Gasteiger partial charge in [0.25, 0.3) is 0 Å². The lowest BCUT2D eigenvalue weighted by atomic mass is 9.99. The number of aromatic nitrogens is 2. The van der Waals surface area contributed by atoms with Crippen LogP contribution in [0, 0.1) is 0 Å². The fourth-order valence-electron chi connectivity index (χ4n) is 2.91. The maximum absolute atomic E-state index is 10.9. The van der Waals surface area contributed by atoms with E-state index in [-0.39, 0.29) is 0 Å². The monoisotopic (exact) mass is 354 g/mol. The zero-order chi connectivity index (χ0) is 18.5. The molecule has 4 rings (SSSR count). The Bertz CT molecular complexity index is 1060. The first-order chi connectivity index (χ1) is 13.3. The molecule has 1 atom stereocenters. The van der Waals surface area contributed by atoms with Crippen molar-refractivity contribution in [2.24, 2.45) is 5.10 Å². The Morgan fingerprint density at radius 2 is 1.52 bits per heavy atom. The summed E-state index contributed by atoms with van der Waals surface area (Å²) in [7, 11) is 0. The van der Waals surface area contributed by atoms with Crippen molar-refractivity contribution in [3.8, 4) is 0 Å². The van der Waals surface area contributed by atoms with Crippen molar-refractivity contribution in [1.82, 2.24) is 10.2 Å². The summed E-state index contributed by atoms with van der Waals surface area (Å²) < 4.78 is 0. The number of anilines is 1. The first-order valence-corrected chi connectivity index (χ1v) is 8.65. The summed E-state index contributed by atoms with van der Waals surface area (Å²) in [6.07, 6.45) is 0.838. The molecular formula is C22H18N4O. The average molecular weight is 354 g/mol. The SMILES string of the molecule is OC(C(=NNc1nncc2ccccc12)c1ccccc1)c1ccccc1. The van der Waals surface area contributed by atoms with Gasteiger partial charge in [-0.15, -0.1) is 5.10 Å². The molecular weight excluding hydrogens is 336 g/mol. The first kappa shape index (κ1) is 16.9. The van der Waals surface area contributed by atoms with Crippen LogP contribution >= 0.6 is 0 Å². The van der Waals surface area contributed by atoms with E-state index in [1.807, 2.05) is 84.9 Å². The molecule has 0 aliphatic heterocycles. The van der Waals surface area contributed by atoms with Crippen molar-refractivity contribution in [1.29, 1.82) is 0 Å². The minimum absolute atomic E-state index is 0.511. The molecule has 1 aromatic heterocycles. The van der Waals surface area contributed by atoms with Crippen LogP contribution in [-0.4, -0.2) is 21.0 Å². The Labute approximate surface area is 157 Å². The summed E-state index contributed by atoms with van der Waals surface area (Å²) in [5.74, 6) is 0.543. The third-order valence-electron chi connectivity index (χ3n) is 4.30. The number of rotatable bonds is 5. The predicted molar refractivity (Wildman–Crippen MR) is 108 cm³/mol. The molecule has 5 nitrogen and oxygen atoms in total. The summed E-state index contributed by atoms with van der Waals surface area (Å²) in [5.41, 5.74) is 5.10. The highest BCUT2D eigenvalue weighted by atomic mass is 16.3. The Balaban J connectivity index is 1.74. The minimum atomic E-state index is -0.871. The van der Waals surface area contributed by atoms with Gasteiger partial charge in [-0.2, -0.15) is 10.2 Å². The van der Waals surface area contributed by atoms with E-state index in [9.17, 15) is 5.11 Å². The van der Waals surface area contributed by atoms with Crippen molar-refractivity contribution >= 4 is 22.3 Å². The van der Waals surface area contributed by atoms with Crippen molar-refractivity contribution in [2.75, 3.05) is 5.43 Å². The van der Waals surface area contributed by atoms with Crippen LogP contribution in [0.15, 0.2) is 96.2 Å². The van der Waals surface area contributed by atoms with Crippen molar-refractivity contribution in [3.05, 3.63) is 102 Å². The second-order valence-corrected chi connectivity index (χ2v) is 6.07. The Morgan fingerprint density at radius 3 is 2.30 bits per heavy atom. The summed E-state index contributed by atoms with van der Waals surface area (Å²) in [6.45, 7) is 0. The highest BCUT2D eigenvalue weighted by molar-refractivity contribution is 6.04. The van der Waals surface area contributed by atoms with Crippen LogP contribution in [0.1, 0.15) is 17.2 Å². The van der Waals surface area contributed by atoms with Crippen molar-refractivity contribution in [3.63, 3.8) is 0 Å². The van der Waals surface area contributed by atoms with Gasteiger partial charge >= 0.3 is 0 Å². The van der Waals surface area contributed by atoms with Crippen LogP contribution in [0.2, 0.25) is 0 Å². The Morgan fingerprint density at radius 1 is 0.852 bits per heavy atom. The summed E-state index contributed by atoms with van der Waals surface area (Å²) in [5, 5.41) is 25.5. The van der Waals surface area contributed by atoms with Crippen LogP contribution in [0.4, 0.5) is 5.82 Å². The molecule has 0 aliphatic rings. The van der Waals surface area contributed by atoms with Gasteiger partial charge in [0.1, 0.15) is 11.8 Å². The number of aliphatic hydroxyl groups excluding tert-OH is 1. The first-order valence-electron chi connectivity index (χ1n) is 8.65. The molecule has 1 unspecified atom stereocenters. The smallest absolute Gasteiger partial charge is 0.176 e. The van der Waals surface area contributed by atoms with Crippen LogP contribution in [0.3, 0.4) is 0 Å². The standard InChI is InChI=1S/C22H18N4O/c27-21(17-11-5-2-6-12-17)20(16-9-3-1-4-10-16)24-26-22-19-14-8-7-13-18(19)15-23-25-22/h1-15,21,27H,(H,25,26). The summed E-state index contributed by atoms with van der Waals surface area (Å²) in [6, 6.07) is 26.9. The van der Waals surface area contributed by atoms with E-state index in [1.165, 1.54) is 0 Å². The maximum atomic E-state index is 10.9. The second-order valence-electron chi connectivity index (χ2n) is 6.07. The molecule has 0 radical (unpaired) electrons. The third-order valence-corrected chi connectivity index (χ3v) is 4.30. The highest BCUT2D eigenvalue weighted by Crippen LogP contribution is 2.22. The molecule has 132 valence electrons. The molecule has 0 fully saturated rings. The molecule has 0 aliphatic carbocycles. The van der Waals surface area contributed by atoms with E-state index >= 15 is 0 Å². The highest BCUT2D eigenvalue weighted by Gasteiger charge is 2.17. The van der Waals surface area contributed by atoms with Crippen LogP contribution in [0.5, 0.6) is 0 Å². The van der Waals surface area contributed by atoms with Crippen molar-refractivity contribution < 1.29 is 5.11 Å². The molecule has 0 saturated heterocycles. The molecule has 27 heavy (non-hydrogen) atoms. The lowest BCUT2D eigenvalue weighted by molar-refractivity contribution is 0.248. The van der Waals surface area contributed by atoms with E-state index in [0.29, 0.717) is 11.5 Å². The summed E-state index contributed by atoms with van der Waals surface area (Å²) >= 11 is 0. The van der Waals surface area contributed by atoms with Gasteiger partial charge in [0.15, 0.2) is 5.82 Å². The number of hydrogen-bond acceptors (Lipinski definition) is 5. The number of nitrogens with one attached hydrogen (secondary N) is 1. The van der Waals surface area contributed by atoms with E-state index in [1.54, 1.807) is 6.20 Å². The molecule has 0 bridgehead atoms. The van der Waals surface area contributed by atoms with Crippen LogP contribution < -0.4 is 5.43 Å². The number of benzene rings is 3. The average Bonchev–Trinajstić information content (AvgIpc) is 2.75. The number of fused-ring (bicyclic) bond motifs is 1. The predicted octanol–water partition coefficient (Wildman–Crippen LogP) is 4.18. The van der Waals surface area contributed by atoms with Gasteiger partial charge in [-0.1, -0.05) is 84.9 Å². The van der Waals surface area contributed by atoms with Gasteiger partial charge in [0.05, 0.1) is 6.20 Å². The number of hydrogen-bond donors (Lipinski definition) is 2. The molecule has 3 aromatic carbocycles. The second kappa shape index (κ2) is 7.76. The van der Waals surface area contributed by atoms with Gasteiger partial charge in [-0.3, -0.25) is 5.43 Å². The largest absolute Gasteiger partial charge is 0.382 e. The molecule has 0 spiro atoms. The van der Waals surface area contributed by atoms with Gasteiger partial charge in [-0.05, 0) is 5.56 Å². The third kappa shape index (κ3) is 3.68. The van der Waals surface area contributed by atoms with E-state index in [4.69, 9.17) is 0 Å². The maximum Gasteiger partial charge on any atom is 0.176 e. The van der Waals surface area contributed by atoms with Gasteiger partial charge in [0, 0.05) is 16.3 Å². The quantitative estimate of drug-likeness (QED) is 0.417. The molecule has 0 saturated carbocycles. The number of aliphatic hydroxyl groups is 1. The van der Waals surface area contributed by atoms with E-state index in [2.05, 4.69) is 20.7 Å². The molecule has 5 heteroatoms. The van der Waals surface area contributed by atoms with Gasteiger partial charge < -0.3 is 5.11 Å². The van der Waals surface area contributed by atoms with E-state index in [0.717, 1.165) is 21.9 Å². The minimum Gasteiger partial charge on any atom is -0.382 e. The lowest BCUT2D eigenvalue weighted by Gasteiger charge is -2.15. The fourth-order valence-corrected chi connectivity index (χ4v) is 2.91. The molecule has 1 heterocycles. The van der Waals surface area contributed by atoms with Crippen LogP contribution in [0.25, 0.3) is 10.8 Å². The van der Waals surface area contributed by atoms with Gasteiger partial charge in [0.2, 0.25) is 0 Å². The molecule has 4 aromatic rings. The van der Waals surface area contributed by atoms with Crippen LogP contribution in [-0.2, 0) is 0 Å². The van der Waals surface area contributed by atoms with Gasteiger partial charge in [-0.25, -0.2) is 0 Å². The van der Waals surface area contributed by atoms with Crippen molar-refractivity contribution in [2.45, 2.75) is 6.10 Å². The molecule has 2 N–H and O–H groups in total.